The molecule has 1 nitrogen and oxygen atoms in total. The summed E-state index contributed by atoms with van der Waals surface area (Å²) in [6, 6.07) is 0. The van der Waals surface area contributed by atoms with E-state index in [1.807, 2.05) is 0 Å². The maximum Gasteiger partial charge on any atom is 0 e. The van der Waals surface area contributed by atoms with Crippen LogP contribution in [0.5, 0.6) is 0 Å². The van der Waals surface area contributed by atoms with Crippen LogP contribution >= 0.6 is 0 Å². The van der Waals surface area contributed by atoms with Gasteiger partial charge in [-0.15, -0.1) is 0 Å². The first kappa shape index (κ1) is 28.5. The molecule has 0 spiro atoms. The van der Waals surface area contributed by atoms with Crippen molar-refractivity contribution in [3.8, 4) is 0 Å². The largest absolute Gasteiger partial charge is 0 e. The average Bonchev–Trinajstić information content (AvgIpc) is 0. The Morgan fingerprint density at radius 3 is 1.00 bits per heavy atom. The van der Waals surface area contributed by atoms with Crippen LogP contribution in [0.25, 0.3) is 0 Å². The summed E-state index contributed by atoms with van der Waals surface area (Å²) in [5, 5.41) is 0. The Labute approximate surface area is 92.4 Å². The first-order chi connectivity index (χ1) is 0. The van der Waals surface area contributed by atoms with Gasteiger partial charge in [-0.05, 0) is 0 Å². The Bertz CT molecular complexity index is 8.00. The molecule has 0 aliphatic heterocycles. The van der Waals surface area contributed by atoms with E-state index in [9.17, 15) is 0 Å². The van der Waals surface area contributed by atoms with Crippen LogP contribution in [-0.2, 0) is 21.1 Å². The molecule has 0 aliphatic carbocycles. The zero-order valence-electron chi connectivity index (χ0n) is 2.12. The van der Waals surface area contributed by atoms with Gasteiger partial charge in [-0.25, -0.2) is 0 Å². The third-order valence-electron chi connectivity index (χ3n) is 0. The van der Waals surface area contributed by atoms with Gasteiger partial charge in [0.2, 0.25) is 0 Å². The van der Waals surface area contributed by atoms with Crippen LogP contribution in [0.15, 0.2) is 0 Å². The zero-order valence-corrected chi connectivity index (χ0v) is 12.8. The molecule has 0 aromatic rings. The molecular formula is H5BiCeMoO. The first-order valence-electron chi connectivity index (χ1n) is 0. The van der Waals surface area contributed by atoms with E-state index >= 15 is 0 Å². The second-order valence-electron chi connectivity index (χ2n) is 0. The maximum atomic E-state index is 0. The van der Waals surface area contributed by atoms with Crippen molar-refractivity contribution in [2.75, 3.05) is 0 Å². The summed E-state index contributed by atoms with van der Waals surface area (Å²) in [5.41, 5.74) is 0. The molecule has 0 atom stereocenters. The van der Waals surface area contributed by atoms with Gasteiger partial charge < -0.3 is 5.48 Å². The van der Waals surface area contributed by atoms with E-state index in [1.54, 1.807) is 0 Å². The zero-order chi connectivity index (χ0) is 0. The molecule has 0 rings (SSSR count). The van der Waals surface area contributed by atoms with Gasteiger partial charge in [0.05, 0.1) is 0 Å². The van der Waals surface area contributed by atoms with E-state index in [4.69, 9.17) is 0 Å². The minimum absolute atomic E-state index is 0. The molecule has 0 amide bonds. The molecule has 0 radical (unpaired) electrons. The summed E-state index contributed by atoms with van der Waals surface area (Å²) >= 11 is 0. The molecule has 0 bridgehead atoms. The Hall–Kier alpha value is 2.91. The van der Waals surface area contributed by atoms with Gasteiger partial charge in [-0.2, -0.15) is 0 Å². The third-order valence-corrected chi connectivity index (χ3v) is 0. The average molecular weight is 466 g/mol. The van der Waals surface area contributed by atoms with Crippen LogP contribution in [0.1, 0.15) is 0 Å². The van der Waals surface area contributed by atoms with Gasteiger partial charge in [0, 0.05) is 62.8 Å². The minimum atomic E-state index is 0. The van der Waals surface area contributed by atoms with Crippen molar-refractivity contribution in [1.29, 1.82) is 0 Å². The third kappa shape index (κ3) is 8.86. The molecule has 0 heterocycles. The van der Waals surface area contributed by atoms with Gasteiger partial charge in [0.25, 0.3) is 0 Å². The van der Waals surface area contributed by atoms with Crippen LogP contribution in [0.4, 0.5) is 0 Å². The summed E-state index contributed by atoms with van der Waals surface area (Å²) in [4.78, 5) is 0. The number of rotatable bonds is 0. The second-order valence-corrected chi connectivity index (χ2v) is 0. The van der Waals surface area contributed by atoms with Crippen molar-refractivity contribution >= 4 is 26.2 Å². The van der Waals surface area contributed by atoms with Crippen LogP contribution in [0, 0.1) is 41.7 Å². The molecule has 0 fully saturated rings. The first-order valence-corrected chi connectivity index (χ1v) is 0. The summed E-state index contributed by atoms with van der Waals surface area (Å²) in [7, 11) is 0. The summed E-state index contributed by atoms with van der Waals surface area (Å²) < 4.78 is 0. The Kier molecular flexibility index (Phi) is 120. The molecule has 0 unspecified atom stereocenters. The molecule has 0 saturated carbocycles. The van der Waals surface area contributed by atoms with Crippen molar-refractivity contribution in [3.63, 3.8) is 0 Å². The van der Waals surface area contributed by atoms with Crippen LogP contribution in [-0.4, -0.2) is 31.7 Å². The number of hydrogen-bond acceptors (Lipinski definition) is 0. The Morgan fingerprint density at radius 2 is 1.00 bits per heavy atom. The van der Waals surface area contributed by atoms with Crippen LogP contribution in [0.3, 0.4) is 0 Å². The Morgan fingerprint density at radius 1 is 1.00 bits per heavy atom. The summed E-state index contributed by atoms with van der Waals surface area (Å²) in [6.07, 6.45) is 0. The second kappa shape index (κ2) is 16.8. The smallest absolute Gasteiger partial charge is 0 e. The summed E-state index contributed by atoms with van der Waals surface area (Å²) in [6.45, 7) is 0. The molecular weight excluding hydrogens is 461 g/mol. The molecule has 4 heteroatoms. The Balaban J connectivity index is 0. The van der Waals surface area contributed by atoms with E-state index in [-0.39, 0.29) is 94.5 Å². The molecule has 4 heavy (non-hydrogen) atoms. The molecule has 0 aliphatic rings. The van der Waals surface area contributed by atoms with Crippen molar-refractivity contribution in [3.05, 3.63) is 0 Å². The predicted molar refractivity (Wildman–Crippen MR) is 13.6 cm³/mol. The number of hydrogen-bond donors (Lipinski definition) is 0. The molecule has 0 aromatic heterocycles. The quantitative estimate of drug-likeness (QED) is 0.370. The topological polar surface area (TPSA) is 31.5 Å². The standard InChI is InChI=1S/Bi.Ce.Mo.H2O.3H/h;;;1H2;;;. The normalized spacial score (nSPS) is 0. The molecule has 0 aromatic carbocycles. The molecule has 0 saturated heterocycles. The molecule has 2 N–H and O–H groups in total. The minimum Gasteiger partial charge on any atom is 0 e. The van der Waals surface area contributed by atoms with E-state index in [0.717, 1.165) is 0 Å². The van der Waals surface area contributed by atoms with Crippen molar-refractivity contribution in [2.45, 2.75) is 0 Å². The van der Waals surface area contributed by atoms with Gasteiger partial charge in [0.15, 0.2) is 0 Å². The van der Waals surface area contributed by atoms with E-state index in [2.05, 4.69) is 0 Å². The van der Waals surface area contributed by atoms with Crippen molar-refractivity contribution in [1.82, 2.24) is 0 Å². The fourth-order valence-electron chi connectivity index (χ4n) is 0. The van der Waals surface area contributed by atoms with E-state index in [0.29, 0.717) is 0 Å². The monoisotopic (exact) mass is 468 g/mol. The van der Waals surface area contributed by atoms with Crippen molar-refractivity contribution in [2.24, 2.45) is 0 Å². The van der Waals surface area contributed by atoms with Crippen LogP contribution < -0.4 is 0 Å². The fourth-order valence-corrected chi connectivity index (χ4v) is 0. The van der Waals surface area contributed by atoms with Gasteiger partial charge in [0.1, 0.15) is 0 Å². The fraction of sp³-hybridized carbons (Fsp3) is 0. The van der Waals surface area contributed by atoms with Crippen LogP contribution in [0.2, 0.25) is 0 Å². The SMILES string of the molecule is O.[BiH3].[Ce].[Mo]. The summed E-state index contributed by atoms with van der Waals surface area (Å²) in [5.74, 6) is 0. The predicted octanol–water partition coefficient (Wildman–Crippen LogP) is -2.01. The van der Waals surface area contributed by atoms with Gasteiger partial charge in [-0.1, -0.05) is 0 Å². The van der Waals surface area contributed by atoms with Gasteiger partial charge in [-0.3, -0.25) is 0 Å². The maximum absolute atomic E-state index is 0. The van der Waals surface area contributed by atoms with Crippen molar-refractivity contribution < 1.29 is 68.3 Å². The van der Waals surface area contributed by atoms with E-state index < -0.39 is 0 Å². The molecule has 26 valence electrons. The van der Waals surface area contributed by atoms with E-state index in [1.165, 1.54) is 0 Å². The van der Waals surface area contributed by atoms with Gasteiger partial charge >= 0.3 is 26.2 Å².